The van der Waals surface area contributed by atoms with Crippen molar-refractivity contribution in [3.63, 3.8) is 0 Å². The van der Waals surface area contributed by atoms with Gasteiger partial charge in [-0.2, -0.15) is 0 Å². The zero-order valence-electron chi connectivity index (χ0n) is 67.3. The molecule has 108 heavy (non-hydrogen) atoms. The van der Waals surface area contributed by atoms with Gasteiger partial charge in [-0.15, -0.1) is 0 Å². The molecule has 0 unspecified atom stereocenters. The zero-order valence-corrected chi connectivity index (χ0v) is 67.3. The fraction of sp³-hybridized carbons (Fsp3) is 0.429. The number of methoxy groups -OCH3 is 8. The second kappa shape index (κ2) is 49.5. The van der Waals surface area contributed by atoms with Gasteiger partial charge in [-0.3, -0.25) is 0 Å². The lowest BCUT2D eigenvalue weighted by Crippen LogP contribution is -2.32. The van der Waals surface area contributed by atoms with Gasteiger partial charge in [0.05, 0.1) is 54.9 Å². The maximum Gasteiger partial charge on any atom is 0.160 e. The molecule has 8 aromatic carbocycles. The molecule has 600 valence electrons. The Bertz CT molecular complexity index is 3860. The van der Waals surface area contributed by atoms with Crippen LogP contribution in [0.2, 0.25) is 0 Å². The largest absolute Gasteiger partial charge is 0.508 e. The first kappa shape index (κ1) is 95.6. The summed E-state index contributed by atoms with van der Waals surface area (Å²) in [6.45, 7) is 32.0. The Kier molecular flexibility index (Phi) is 43.8. The number of aliphatic hydroxyl groups is 2. The van der Waals surface area contributed by atoms with E-state index in [1.54, 1.807) is 68.8 Å². The van der Waals surface area contributed by atoms with Gasteiger partial charge in [-0.25, -0.2) is 0 Å². The maximum atomic E-state index is 10.4. The number of phenolic OH excluding ortho intramolecular Hbond substituents is 10. The quantitative estimate of drug-likeness (QED) is 0.0506. The van der Waals surface area contributed by atoms with Gasteiger partial charge in [0.1, 0.15) is 93.4 Å². The molecule has 8 aromatic rings. The van der Waals surface area contributed by atoms with Crippen LogP contribution in [-0.4, -0.2) is 143 Å². The molecule has 24 heteroatoms. The van der Waals surface area contributed by atoms with Crippen molar-refractivity contribution in [1.82, 2.24) is 0 Å². The Morgan fingerprint density at radius 1 is 0.259 bits per heavy atom. The number of phenols is 10. The minimum Gasteiger partial charge on any atom is -0.508 e. The van der Waals surface area contributed by atoms with Crippen molar-refractivity contribution in [1.29, 1.82) is 0 Å². The minimum absolute atomic E-state index is 0.0151. The van der Waals surface area contributed by atoms with E-state index in [1.165, 1.54) is 109 Å². The zero-order chi connectivity index (χ0) is 82.2. The average Bonchev–Trinajstić information content (AvgIpc) is 0.895. The third kappa shape index (κ3) is 24.8. The maximum absolute atomic E-state index is 10.4. The number of hydrogen-bond donors (Lipinski definition) is 12. The predicted octanol–water partition coefficient (Wildman–Crippen LogP) is 17.5. The minimum atomic E-state index is -0.837. The lowest BCUT2D eigenvalue weighted by atomic mass is 9.93. The molecule has 8 atom stereocenters. The van der Waals surface area contributed by atoms with Gasteiger partial charge in [0, 0.05) is 111 Å². The number of fused-ring (bicyclic) bond motifs is 4. The summed E-state index contributed by atoms with van der Waals surface area (Å²) in [6, 6.07) is 31.1. The van der Waals surface area contributed by atoms with Crippen LogP contribution in [0.3, 0.4) is 0 Å². The molecule has 12 N–H and O–H groups in total. The topological polar surface area (TPSA) is 354 Å². The fourth-order valence-electron chi connectivity index (χ4n) is 11.1. The van der Waals surface area contributed by atoms with Crippen LogP contribution in [0.25, 0.3) is 0 Å². The number of hydrogen-bond acceptors (Lipinski definition) is 24. The highest BCUT2D eigenvalue weighted by atomic mass is 16.6. The van der Waals surface area contributed by atoms with Gasteiger partial charge in [0.15, 0.2) is 58.2 Å². The van der Waals surface area contributed by atoms with Crippen LogP contribution in [0.15, 0.2) is 121 Å². The van der Waals surface area contributed by atoms with Crippen LogP contribution < -0.4 is 47.4 Å². The van der Waals surface area contributed by atoms with Gasteiger partial charge in [0.2, 0.25) is 0 Å². The average molecular weight is 1510 g/mol. The van der Waals surface area contributed by atoms with Crippen molar-refractivity contribution in [3.05, 3.63) is 166 Å². The summed E-state index contributed by atoms with van der Waals surface area (Å²) in [7, 11) is 12.0. The highest BCUT2D eigenvalue weighted by Gasteiger charge is 2.38. The Morgan fingerprint density at radius 2 is 0.546 bits per heavy atom. The molecule has 4 heterocycles. The van der Waals surface area contributed by atoms with Crippen molar-refractivity contribution >= 4 is 0 Å². The van der Waals surface area contributed by atoms with E-state index < -0.39 is 36.6 Å². The van der Waals surface area contributed by atoms with E-state index in [1.807, 2.05) is 111 Å². The number of rotatable bonds is 12. The van der Waals surface area contributed by atoms with Crippen LogP contribution >= 0.6 is 0 Å². The molecule has 0 saturated heterocycles. The second-order valence-electron chi connectivity index (χ2n) is 21.5. The molecule has 12 rings (SSSR count). The van der Waals surface area contributed by atoms with E-state index >= 15 is 0 Å². The van der Waals surface area contributed by atoms with Crippen LogP contribution in [0.4, 0.5) is 0 Å². The van der Waals surface area contributed by atoms with E-state index in [2.05, 4.69) is 0 Å². The Hall–Kier alpha value is -10.4. The first-order valence-corrected chi connectivity index (χ1v) is 36.6. The van der Waals surface area contributed by atoms with E-state index in [9.17, 15) is 61.3 Å². The van der Waals surface area contributed by atoms with E-state index in [-0.39, 0.29) is 76.1 Å². The van der Waals surface area contributed by atoms with Crippen LogP contribution in [0.5, 0.6) is 115 Å². The van der Waals surface area contributed by atoms with Gasteiger partial charge in [-0.1, -0.05) is 135 Å². The van der Waals surface area contributed by atoms with Crippen molar-refractivity contribution in [2.24, 2.45) is 0 Å². The number of aliphatic hydroxyl groups excluding tert-OH is 2. The molecule has 0 aliphatic carbocycles. The van der Waals surface area contributed by atoms with Gasteiger partial charge < -0.3 is 118 Å². The van der Waals surface area contributed by atoms with E-state index in [4.69, 9.17) is 56.8 Å². The lowest BCUT2D eigenvalue weighted by Gasteiger charge is -2.33. The summed E-state index contributed by atoms with van der Waals surface area (Å²) in [6.07, 6.45) is -3.05. The highest BCUT2D eigenvalue weighted by molar-refractivity contribution is 5.57. The monoisotopic (exact) mass is 1510 g/mol. The summed E-state index contributed by atoms with van der Waals surface area (Å²) in [5.41, 5.74) is 5.26. The van der Waals surface area contributed by atoms with Gasteiger partial charge in [-0.05, 0) is 70.8 Å². The van der Waals surface area contributed by atoms with Crippen molar-refractivity contribution in [2.45, 2.75) is 185 Å². The van der Waals surface area contributed by atoms with E-state index in [0.29, 0.717) is 116 Å². The smallest absolute Gasteiger partial charge is 0.160 e. The van der Waals surface area contributed by atoms with E-state index in [0.717, 1.165) is 5.56 Å². The SMILES string of the molecule is CC.CC.CC.CC.CC.CC.CC.CC.COc1cc(O)c2c(c1)O[C@H](c1ccc(O)c(O)c1)[C@H](OC)C2.COc1cc(O)c2c(c1)O[C@H](c1ccc(O)c(OC)c1)[C@H](O)C2.COc1cc([C@H]2Oc3cc(O)cc(O)c3C[C@H]2OC)ccc1O.COc1cc([C@H]2Oc3cc(O)cc(OC)c3C[C@H]2O)ccc1O. The molecule has 0 saturated carbocycles. The number of ether oxygens (including phenoxy) is 12. The normalized spacial score (nSPS) is 17.2. The molecule has 0 fully saturated rings. The molecular weight excluding hydrogens is 1390 g/mol. The first-order chi connectivity index (χ1) is 52.1. The van der Waals surface area contributed by atoms with Crippen molar-refractivity contribution in [2.75, 3.05) is 56.9 Å². The molecule has 4 aliphatic rings. The number of aromatic hydroxyl groups is 10. The van der Waals surface area contributed by atoms with Crippen molar-refractivity contribution in [3.8, 4) is 115 Å². The summed E-state index contributed by atoms with van der Waals surface area (Å²) < 4.78 is 65.4. The van der Waals surface area contributed by atoms with Gasteiger partial charge in [0.25, 0.3) is 0 Å². The molecule has 4 aliphatic heterocycles. The molecule has 24 nitrogen and oxygen atoms in total. The summed E-state index contributed by atoms with van der Waals surface area (Å²) in [5.74, 6) is 3.92. The first-order valence-electron chi connectivity index (χ1n) is 36.6. The van der Waals surface area contributed by atoms with Crippen LogP contribution in [0, 0.1) is 0 Å². The molecule has 0 spiro atoms. The Labute approximate surface area is 638 Å². The second-order valence-corrected chi connectivity index (χ2v) is 21.5. The predicted molar refractivity (Wildman–Crippen MR) is 420 cm³/mol. The molecule has 0 amide bonds. The molecule has 0 radical (unpaired) electrons. The third-order valence-corrected chi connectivity index (χ3v) is 15.9. The molecule has 0 bridgehead atoms. The summed E-state index contributed by atoms with van der Waals surface area (Å²) in [4.78, 5) is 0. The third-order valence-electron chi connectivity index (χ3n) is 15.9. The summed E-state index contributed by atoms with van der Waals surface area (Å²) in [5, 5.41) is 119. The van der Waals surface area contributed by atoms with Crippen molar-refractivity contribution < 1.29 is 118 Å². The Morgan fingerprint density at radius 3 is 0.889 bits per heavy atom. The Balaban J connectivity index is 0.000000676. The highest BCUT2D eigenvalue weighted by Crippen LogP contribution is 2.48. The molecule has 0 aromatic heterocycles. The van der Waals surface area contributed by atoms with Crippen LogP contribution in [-0.2, 0) is 35.2 Å². The number of benzene rings is 8. The standard InChI is InChI=1S/4C17H18O6.8C2H6/c1-21-14-6-10(18)7-15-11(14)8-13(20)17(23-15)9-3-4-12(19)16(5-9)22-2;1-21-10-6-13(19)11-8-14(20)17(23-15(11)7-10)9-3-4-12(18)16(5-9)22-2;1-21-15-5-9(3-4-12(15)19)17-16(22-2)8-11-13(20)6-10(18)7-14(11)23-17;1-21-10-6-13(19)11-8-16(22-2)17(23-15(11)7-10)9-3-4-12(18)14(20)5-9;8*1-2/h3-7,13,17-20H,8H2,1-2H3;3-7,14,17-20H,8H2,1-2H3;2*3-7,16-20H,8H2,1-2H3;8*1-2H3/t13-,17-;14-,17-;2*16-,17-;;;;;;;;/m1111......../s1. The van der Waals surface area contributed by atoms with Gasteiger partial charge >= 0.3 is 0 Å². The summed E-state index contributed by atoms with van der Waals surface area (Å²) >= 11 is 0. The molecular formula is C84H120O24. The fourth-order valence-corrected chi connectivity index (χ4v) is 11.1. The lowest BCUT2D eigenvalue weighted by molar-refractivity contribution is -0.0122. The van der Waals surface area contributed by atoms with Crippen LogP contribution in [0.1, 0.15) is 180 Å².